The summed E-state index contributed by atoms with van der Waals surface area (Å²) in [5, 5.41) is 0. The summed E-state index contributed by atoms with van der Waals surface area (Å²) in [6.07, 6.45) is 8.30. The maximum absolute atomic E-state index is 12.9. The Morgan fingerprint density at radius 2 is 1.82 bits per heavy atom. The van der Waals surface area contributed by atoms with E-state index in [4.69, 9.17) is 14.2 Å². The number of rotatable bonds is 3. The van der Waals surface area contributed by atoms with Gasteiger partial charge in [0, 0.05) is 24.2 Å². The fraction of sp³-hybridized carbons (Fsp3) is 0.714. The summed E-state index contributed by atoms with van der Waals surface area (Å²) >= 11 is 4.22. The lowest BCUT2D eigenvalue weighted by Crippen LogP contribution is -2.64. The number of alkyl halides is 1. The van der Waals surface area contributed by atoms with E-state index in [9.17, 15) is 9.59 Å². The van der Waals surface area contributed by atoms with Crippen LogP contribution in [0.2, 0.25) is 0 Å². The van der Waals surface area contributed by atoms with Crippen molar-refractivity contribution in [3.8, 4) is 0 Å². The minimum Gasteiger partial charge on any atom is -0.463 e. The van der Waals surface area contributed by atoms with E-state index in [1.807, 2.05) is 30.3 Å². The molecule has 1 aromatic carbocycles. The number of hydrogen-bond donors (Lipinski definition) is 0. The first kappa shape index (κ1) is 23.0. The topological polar surface area (TPSA) is 61.8 Å². The van der Waals surface area contributed by atoms with Crippen LogP contribution in [0.1, 0.15) is 75.6 Å². The maximum Gasteiger partial charge on any atom is 0.338 e. The van der Waals surface area contributed by atoms with Crippen LogP contribution in [0, 0.1) is 28.6 Å². The smallest absolute Gasteiger partial charge is 0.338 e. The van der Waals surface area contributed by atoms with Crippen LogP contribution in [0.15, 0.2) is 30.3 Å². The molecule has 4 aliphatic carbocycles. The summed E-state index contributed by atoms with van der Waals surface area (Å²) in [5.41, 5.74) is 0.778. The van der Waals surface area contributed by atoms with Crippen molar-refractivity contribution in [2.24, 2.45) is 28.6 Å². The molecule has 0 N–H and O–H groups in total. The van der Waals surface area contributed by atoms with Gasteiger partial charge in [0.1, 0.15) is 12.2 Å². The number of benzene rings is 1. The molecule has 0 spiro atoms. The fourth-order valence-electron chi connectivity index (χ4n) is 8.95. The van der Waals surface area contributed by atoms with Gasteiger partial charge in [0.05, 0.1) is 22.6 Å². The SMILES string of the molecule is CC(=O)OC1CCC23COC(CC4C5CCC(OC(=O)c6ccccc6)C5(C)CCC42)C3(Br)C1. The Bertz CT molecular complexity index is 982. The lowest BCUT2D eigenvalue weighted by molar-refractivity contribution is -0.154. The van der Waals surface area contributed by atoms with Crippen molar-refractivity contribution in [2.45, 2.75) is 87.9 Å². The normalized spacial score (nSPS) is 46.7. The number of ether oxygens (including phenoxy) is 3. The highest BCUT2D eigenvalue weighted by atomic mass is 79.9. The molecule has 5 aliphatic rings. The molecule has 1 aromatic rings. The highest BCUT2D eigenvalue weighted by Gasteiger charge is 2.72. The average Bonchev–Trinajstić information content (AvgIpc) is 3.21. The van der Waals surface area contributed by atoms with Gasteiger partial charge in [0.2, 0.25) is 0 Å². The van der Waals surface area contributed by atoms with Gasteiger partial charge < -0.3 is 14.2 Å². The van der Waals surface area contributed by atoms with Crippen molar-refractivity contribution in [1.82, 2.24) is 0 Å². The third kappa shape index (κ3) is 3.20. The first-order valence-electron chi connectivity index (χ1n) is 13.0. The lowest BCUT2D eigenvalue weighted by Gasteiger charge is -2.62. The average molecular weight is 531 g/mol. The second-order valence-electron chi connectivity index (χ2n) is 11.8. The number of carbonyl (C=O) groups excluding carboxylic acids is 2. The van der Waals surface area contributed by atoms with E-state index < -0.39 is 0 Å². The number of esters is 2. The molecule has 5 fully saturated rings. The monoisotopic (exact) mass is 530 g/mol. The van der Waals surface area contributed by atoms with Crippen LogP contribution in [0.3, 0.4) is 0 Å². The van der Waals surface area contributed by atoms with Crippen LogP contribution in [0.25, 0.3) is 0 Å². The summed E-state index contributed by atoms with van der Waals surface area (Å²) in [5.74, 6) is 1.38. The van der Waals surface area contributed by atoms with E-state index in [2.05, 4.69) is 22.9 Å². The molecule has 1 aliphatic heterocycles. The molecule has 5 nitrogen and oxygen atoms in total. The molecule has 184 valence electrons. The van der Waals surface area contributed by atoms with Gasteiger partial charge in [-0.3, -0.25) is 4.79 Å². The van der Waals surface area contributed by atoms with Crippen molar-refractivity contribution in [2.75, 3.05) is 6.61 Å². The fourth-order valence-corrected chi connectivity index (χ4v) is 10.2. The van der Waals surface area contributed by atoms with E-state index in [1.165, 1.54) is 6.92 Å². The molecule has 4 saturated carbocycles. The Labute approximate surface area is 210 Å². The van der Waals surface area contributed by atoms with E-state index in [-0.39, 0.29) is 45.4 Å². The zero-order chi connectivity index (χ0) is 23.7. The van der Waals surface area contributed by atoms with Gasteiger partial charge in [-0.1, -0.05) is 41.1 Å². The molecule has 1 heterocycles. The van der Waals surface area contributed by atoms with Gasteiger partial charge >= 0.3 is 11.9 Å². The Morgan fingerprint density at radius 1 is 1.03 bits per heavy atom. The van der Waals surface area contributed by atoms with Crippen molar-refractivity contribution in [1.29, 1.82) is 0 Å². The summed E-state index contributed by atoms with van der Waals surface area (Å²) in [7, 11) is 0. The molecule has 34 heavy (non-hydrogen) atoms. The molecule has 9 unspecified atom stereocenters. The first-order chi connectivity index (χ1) is 16.3. The first-order valence-corrected chi connectivity index (χ1v) is 13.8. The molecular formula is C28H35BrO5. The Hall–Kier alpha value is -1.40. The largest absolute Gasteiger partial charge is 0.463 e. The van der Waals surface area contributed by atoms with Crippen molar-refractivity contribution >= 4 is 27.9 Å². The maximum atomic E-state index is 12.9. The number of halogens is 1. The third-order valence-corrected chi connectivity index (χ3v) is 12.1. The highest BCUT2D eigenvalue weighted by Crippen LogP contribution is 2.72. The minimum atomic E-state index is -0.191. The Kier molecular flexibility index (Phi) is 5.46. The molecule has 6 heteroatoms. The second-order valence-corrected chi connectivity index (χ2v) is 13.2. The van der Waals surface area contributed by atoms with Gasteiger partial charge in [-0.25, -0.2) is 4.79 Å². The predicted molar refractivity (Wildman–Crippen MR) is 131 cm³/mol. The summed E-state index contributed by atoms with van der Waals surface area (Å²) in [6.45, 7) is 4.70. The number of hydrogen-bond acceptors (Lipinski definition) is 5. The van der Waals surface area contributed by atoms with Gasteiger partial charge in [-0.05, 0) is 74.8 Å². The number of carbonyl (C=O) groups is 2. The predicted octanol–water partition coefficient (Wildman–Crippen LogP) is 5.69. The summed E-state index contributed by atoms with van der Waals surface area (Å²) < 4.78 is 18.2. The molecule has 1 saturated heterocycles. The zero-order valence-electron chi connectivity index (χ0n) is 20.1. The molecule has 9 atom stereocenters. The second kappa shape index (κ2) is 8.06. The Balaban J connectivity index is 1.23. The van der Waals surface area contributed by atoms with Crippen LogP contribution in [0.4, 0.5) is 0 Å². The summed E-state index contributed by atoms with van der Waals surface area (Å²) in [6, 6.07) is 9.38. The van der Waals surface area contributed by atoms with E-state index in [1.54, 1.807) is 0 Å². The number of fused-ring (bicyclic) bond motifs is 3. The van der Waals surface area contributed by atoms with Crippen molar-refractivity contribution in [3.05, 3.63) is 35.9 Å². The summed E-state index contributed by atoms with van der Waals surface area (Å²) in [4.78, 5) is 24.5. The van der Waals surface area contributed by atoms with E-state index >= 15 is 0 Å². The van der Waals surface area contributed by atoms with Crippen LogP contribution >= 0.6 is 15.9 Å². The van der Waals surface area contributed by atoms with E-state index in [0.717, 1.165) is 58.0 Å². The molecule has 6 rings (SSSR count). The van der Waals surface area contributed by atoms with Crippen LogP contribution < -0.4 is 0 Å². The Morgan fingerprint density at radius 3 is 2.59 bits per heavy atom. The van der Waals surface area contributed by atoms with Crippen LogP contribution in [-0.4, -0.2) is 41.2 Å². The molecule has 2 bridgehead atoms. The zero-order valence-corrected chi connectivity index (χ0v) is 21.7. The van der Waals surface area contributed by atoms with Crippen LogP contribution in [-0.2, 0) is 19.0 Å². The van der Waals surface area contributed by atoms with E-state index in [0.29, 0.717) is 23.3 Å². The minimum absolute atomic E-state index is 0.0161. The standard InChI is InChI=1S/C28H35BrO5/c1-17(30)33-19-10-13-27-16-32-24(28(27,29)15-19)14-20-21-8-9-23(26(21,2)12-11-22(20)27)34-25(31)18-6-4-3-5-7-18/h3-7,19-24H,8-16H2,1-2H3. The van der Waals surface area contributed by atoms with Gasteiger partial charge in [0.15, 0.2) is 0 Å². The van der Waals surface area contributed by atoms with Gasteiger partial charge in [-0.2, -0.15) is 0 Å². The molecule has 0 aromatic heterocycles. The van der Waals surface area contributed by atoms with Gasteiger partial charge in [-0.15, -0.1) is 0 Å². The molecule has 0 radical (unpaired) electrons. The third-order valence-electron chi connectivity index (χ3n) is 10.5. The van der Waals surface area contributed by atoms with Crippen LogP contribution in [0.5, 0.6) is 0 Å². The molecule has 0 amide bonds. The molecular weight excluding hydrogens is 496 g/mol. The van der Waals surface area contributed by atoms with Gasteiger partial charge in [0.25, 0.3) is 0 Å². The quantitative estimate of drug-likeness (QED) is 0.370. The highest BCUT2D eigenvalue weighted by molar-refractivity contribution is 9.10. The van der Waals surface area contributed by atoms with Crippen molar-refractivity contribution < 1.29 is 23.8 Å². The lowest BCUT2D eigenvalue weighted by atomic mass is 9.45. The van der Waals surface area contributed by atoms with Crippen molar-refractivity contribution in [3.63, 3.8) is 0 Å².